The largest absolute Gasteiger partial charge is 0.378 e. The lowest BCUT2D eigenvalue weighted by atomic mass is 10.1. The van der Waals surface area contributed by atoms with Crippen molar-refractivity contribution >= 4 is 17.2 Å². The number of benzene rings is 1. The third-order valence-corrected chi connectivity index (χ3v) is 4.52. The molecule has 0 unspecified atom stereocenters. The zero-order valence-corrected chi connectivity index (χ0v) is 12.9. The van der Waals surface area contributed by atoms with Gasteiger partial charge in [0.15, 0.2) is 0 Å². The van der Waals surface area contributed by atoms with Crippen LogP contribution >= 0.6 is 11.3 Å². The quantitative estimate of drug-likeness (QED) is 0.875. The highest BCUT2D eigenvalue weighted by Crippen LogP contribution is 2.24. The summed E-state index contributed by atoms with van der Waals surface area (Å²) in [6.07, 6.45) is 1.03. The molecule has 0 radical (unpaired) electrons. The molecule has 1 amide bonds. The highest BCUT2D eigenvalue weighted by Gasteiger charge is 2.21. The average molecular weight is 302 g/mol. The van der Waals surface area contributed by atoms with Crippen molar-refractivity contribution in [2.45, 2.75) is 13.3 Å². The first-order valence-corrected chi connectivity index (χ1v) is 8.07. The number of hydrogen-bond acceptors (Lipinski definition) is 4. The molecule has 0 bridgehead atoms. The molecule has 1 fully saturated rings. The number of carbonyl (C=O) groups excluding carboxylic acids is 1. The standard InChI is InChI=1S/C16H18N2O2S/c1-2-12-3-5-13(6-4-12)15-17-14(11-21-15)16(19)18-7-9-20-10-8-18/h3-6,11H,2,7-10H2,1H3. The van der Waals surface area contributed by atoms with Crippen molar-refractivity contribution in [3.8, 4) is 10.6 Å². The Balaban J connectivity index is 1.77. The van der Waals surface area contributed by atoms with Crippen LogP contribution in [0.4, 0.5) is 0 Å². The highest BCUT2D eigenvalue weighted by atomic mass is 32.1. The minimum atomic E-state index is 0.00554. The number of aryl methyl sites for hydroxylation is 1. The van der Waals surface area contributed by atoms with E-state index in [4.69, 9.17) is 4.74 Å². The van der Waals surface area contributed by atoms with E-state index in [1.807, 2.05) is 10.3 Å². The number of hydrogen-bond donors (Lipinski definition) is 0. The molecule has 1 aliphatic heterocycles. The third kappa shape index (κ3) is 3.14. The van der Waals surface area contributed by atoms with Gasteiger partial charge in [-0.15, -0.1) is 11.3 Å². The number of aromatic nitrogens is 1. The van der Waals surface area contributed by atoms with Gasteiger partial charge in [-0.05, 0) is 12.0 Å². The predicted molar refractivity (Wildman–Crippen MR) is 83.7 cm³/mol. The fourth-order valence-corrected chi connectivity index (χ4v) is 3.12. The zero-order chi connectivity index (χ0) is 14.7. The van der Waals surface area contributed by atoms with Gasteiger partial charge in [0.2, 0.25) is 0 Å². The summed E-state index contributed by atoms with van der Waals surface area (Å²) in [5.74, 6) is 0.00554. The highest BCUT2D eigenvalue weighted by molar-refractivity contribution is 7.13. The summed E-state index contributed by atoms with van der Waals surface area (Å²) in [6, 6.07) is 8.36. The molecule has 0 saturated carbocycles. The molecular formula is C16H18N2O2S. The maximum Gasteiger partial charge on any atom is 0.273 e. The van der Waals surface area contributed by atoms with E-state index in [1.165, 1.54) is 16.9 Å². The predicted octanol–water partition coefficient (Wildman–Crippen LogP) is 2.84. The van der Waals surface area contributed by atoms with Crippen molar-refractivity contribution in [2.75, 3.05) is 26.3 Å². The van der Waals surface area contributed by atoms with Crippen LogP contribution in [0.5, 0.6) is 0 Å². The summed E-state index contributed by atoms with van der Waals surface area (Å²) >= 11 is 1.52. The molecule has 3 rings (SSSR count). The first-order valence-electron chi connectivity index (χ1n) is 7.20. The van der Waals surface area contributed by atoms with Crippen LogP contribution in [0, 0.1) is 0 Å². The van der Waals surface area contributed by atoms with Crippen LogP contribution in [0.1, 0.15) is 23.0 Å². The molecule has 0 aliphatic carbocycles. The van der Waals surface area contributed by atoms with Gasteiger partial charge in [0, 0.05) is 24.0 Å². The van der Waals surface area contributed by atoms with Crippen molar-refractivity contribution < 1.29 is 9.53 Å². The number of thiazole rings is 1. The van der Waals surface area contributed by atoms with Crippen LogP contribution in [0.15, 0.2) is 29.6 Å². The van der Waals surface area contributed by atoms with Gasteiger partial charge in [0.05, 0.1) is 13.2 Å². The summed E-state index contributed by atoms with van der Waals surface area (Å²) < 4.78 is 5.27. The van der Waals surface area contributed by atoms with E-state index in [0.717, 1.165) is 17.0 Å². The molecule has 1 aromatic heterocycles. The summed E-state index contributed by atoms with van der Waals surface area (Å²) in [5.41, 5.74) is 2.91. The second-order valence-electron chi connectivity index (χ2n) is 4.99. The van der Waals surface area contributed by atoms with Gasteiger partial charge in [-0.2, -0.15) is 0 Å². The number of nitrogens with zero attached hydrogens (tertiary/aromatic N) is 2. The topological polar surface area (TPSA) is 42.4 Å². The van der Waals surface area contributed by atoms with Crippen LogP contribution < -0.4 is 0 Å². The van der Waals surface area contributed by atoms with Crippen molar-refractivity contribution in [1.29, 1.82) is 0 Å². The van der Waals surface area contributed by atoms with Crippen molar-refractivity contribution in [2.24, 2.45) is 0 Å². The Bertz CT molecular complexity index is 615. The summed E-state index contributed by atoms with van der Waals surface area (Å²) in [6.45, 7) is 4.66. The van der Waals surface area contributed by atoms with Crippen LogP contribution in [0.25, 0.3) is 10.6 Å². The van der Waals surface area contributed by atoms with Crippen molar-refractivity contribution in [3.05, 3.63) is 40.9 Å². The number of rotatable bonds is 3. The normalized spacial score (nSPS) is 15.2. The minimum absolute atomic E-state index is 0.00554. The minimum Gasteiger partial charge on any atom is -0.378 e. The van der Waals surface area contributed by atoms with E-state index < -0.39 is 0 Å². The fraction of sp³-hybridized carbons (Fsp3) is 0.375. The number of morpholine rings is 1. The molecule has 0 atom stereocenters. The van der Waals surface area contributed by atoms with Gasteiger partial charge in [-0.25, -0.2) is 4.98 Å². The Hall–Kier alpha value is -1.72. The van der Waals surface area contributed by atoms with Gasteiger partial charge in [0.1, 0.15) is 10.7 Å². The van der Waals surface area contributed by atoms with E-state index in [0.29, 0.717) is 32.0 Å². The van der Waals surface area contributed by atoms with E-state index >= 15 is 0 Å². The first-order chi connectivity index (χ1) is 10.3. The molecular weight excluding hydrogens is 284 g/mol. The van der Waals surface area contributed by atoms with Crippen LogP contribution in [-0.2, 0) is 11.2 Å². The smallest absolute Gasteiger partial charge is 0.273 e. The summed E-state index contributed by atoms with van der Waals surface area (Å²) in [5, 5.41) is 2.75. The van der Waals surface area contributed by atoms with Gasteiger partial charge in [-0.1, -0.05) is 31.2 Å². The molecule has 0 spiro atoms. The fourth-order valence-electron chi connectivity index (χ4n) is 2.32. The van der Waals surface area contributed by atoms with Gasteiger partial charge < -0.3 is 9.64 Å². The lowest BCUT2D eigenvalue weighted by molar-refractivity contribution is 0.0299. The third-order valence-electron chi connectivity index (χ3n) is 3.63. The van der Waals surface area contributed by atoms with E-state index in [9.17, 15) is 4.79 Å². The monoisotopic (exact) mass is 302 g/mol. The second kappa shape index (κ2) is 6.37. The van der Waals surface area contributed by atoms with Crippen molar-refractivity contribution in [1.82, 2.24) is 9.88 Å². The van der Waals surface area contributed by atoms with Gasteiger partial charge in [-0.3, -0.25) is 4.79 Å². The number of ether oxygens (including phenoxy) is 1. The Labute approximate surface area is 128 Å². The SMILES string of the molecule is CCc1ccc(-c2nc(C(=O)N3CCOCC3)cs2)cc1. The van der Waals surface area contributed by atoms with E-state index in [-0.39, 0.29) is 5.91 Å². The van der Waals surface area contributed by atoms with Crippen LogP contribution in [-0.4, -0.2) is 42.1 Å². The van der Waals surface area contributed by atoms with Crippen LogP contribution in [0.3, 0.4) is 0 Å². The lowest BCUT2D eigenvalue weighted by Gasteiger charge is -2.25. The second-order valence-corrected chi connectivity index (χ2v) is 5.85. The van der Waals surface area contributed by atoms with Crippen LogP contribution in [0.2, 0.25) is 0 Å². The van der Waals surface area contributed by atoms with Gasteiger partial charge >= 0.3 is 0 Å². The Morgan fingerprint density at radius 3 is 2.67 bits per heavy atom. The Morgan fingerprint density at radius 2 is 2.00 bits per heavy atom. The summed E-state index contributed by atoms with van der Waals surface area (Å²) in [7, 11) is 0. The molecule has 0 N–H and O–H groups in total. The number of carbonyl (C=O) groups is 1. The molecule has 110 valence electrons. The molecule has 1 aliphatic rings. The molecule has 21 heavy (non-hydrogen) atoms. The maximum absolute atomic E-state index is 12.4. The number of amides is 1. The molecule has 4 nitrogen and oxygen atoms in total. The maximum atomic E-state index is 12.4. The molecule has 1 saturated heterocycles. The van der Waals surface area contributed by atoms with E-state index in [1.54, 1.807) is 0 Å². The van der Waals surface area contributed by atoms with Crippen molar-refractivity contribution in [3.63, 3.8) is 0 Å². The first kappa shape index (κ1) is 14.2. The lowest BCUT2D eigenvalue weighted by Crippen LogP contribution is -2.40. The summed E-state index contributed by atoms with van der Waals surface area (Å²) in [4.78, 5) is 18.7. The zero-order valence-electron chi connectivity index (χ0n) is 12.0. The molecule has 1 aromatic carbocycles. The Kier molecular flexibility index (Phi) is 4.31. The average Bonchev–Trinajstić information content (AvgIpc) is 3.05. The molecule has 2 heterocycles. The van der Waals surface area contributed by atoms with E-state index in [2.05, 4.69) is 36.2 Å². The molecule has 2 aromatic rings. The molecule has 5 heteroatoms. The van der Waals surface area contributed by atoms with Gasteiger partial charge in [0.25, 0.3) is 5.91 Å². The Morgan fingerprint density at radius 1 is 1.29 bits per heavy atom.